The van der Waals surface area contributed by atoms with Gasteiger partial charge < -0.3 is 54.3 Å². The molecule has 3 fully saturated rings. The Morgan fingerprint density at radius 1 is 0.592 bits per heavy atom. The molecule has 0 aromatic heterocycles. The van der Waals surface area contributed by atoms with Crippen LogP contribution < -0.4 is 0 Å². The van der Waals surface area contributed by atoms with Gasteiger partial charge >= 0.3 is 47.8 Å². The lowest BCUT2D eigenvalue weighted by molar-refractivity contribution is -0.169. The number of carboxylic acid groups (broad SMARTS) is 3. The van der Waals surface area contributed by atoms with Crippen LogP contribution in [0.5, 0.6) is 0 Å². The van der Waals surface area contributed by atoms with E-state index in [0.717, 1.165) is 0 Å². The minimum Gasteiger partial charge on any atom is -0.481 e. The summed E-state index contributed by atoms with van der Waals surface area (Å²) in [4.78, 5) is 102. The van der Waals surface area contributed by atoms with Crippen LogP contribution in [0.3, 0.4) is 0 Å². The predicted molar refractivity (Wildman–Crippen MR) is 246 cm³/mol. The summed E-state index contributed by atoms with van der Waals surface area (Å²) >= 11 is 0. The molecule has 11 atom stereocenters. The van der Waals surface area contributed by atoms with E-state index in [1.165, 1.54) is 6.92 Å². The SMILES string of the molecule is CCC(CC(CC(C)CC(CC(CC)C(=O)OCC(CO)(CO)COC(=O)C1CCCC(C(=O)OC(C)COC(=O)C2CC(C(=O)OC3CCC(O)CC3)CC(S(=O)(=O)O)C2)C1)C(=O)O)C(=O)O)C(=O)O. The molecule has 0 radical (unpaired) electrons. The predicted octanol–water partition coefficient (Wildman–Crippen LogP) is 3.58. The molecule has 0 aliphatic heterocycles. The van der Waals surface area contributed by atoms with Gasteiger partial charge in [-0.05, 0) is 116 Å². The molecular weight excluding hydrogens is 961 g/mol. The summed E-state index contributed by atoms with van der Waals surface area (Å²) in [5.41, 5.74) is -1.66. The number of ether oxygens (including phenoxy) is 5. The Bertz CT molecular complexity index is 1910. The van der Waals surface area contributed by atoms with Crippen LogP contribution in [0, 0.1) is 58.7 Å². The van der Waals surface area contributed by atoms with Crippen molar-refractivity contribution in [3.8, 4) is 0 Å². The minimum absolute atomic E-state index is 0.00379. The number of aliphatic hydroxyl groups is 3. The van der Waals surface area contributed by atoms with E-state index < -0.39 is 173 Å². The minimum atomic E-state index is -4.64. The monoisotopic (exact) mass is 1040 g/mol. The number of hydrogen-bond donors (Lipinski definition) is 7. The average Bonchev–Trinajstić information content (AvgIpc) is 3.33. The molecule has 71 heavy (non-hydrogen) atoms. The van der Waals surface area contributed by atoms with Crippen molar-refractivity contribution in [1.29, 1.82) is 0 Å². The highest BCUT2D eigenvalue weighted by Gasteiger charge is 2.44. The first-order valence-corrected chi connectivity index (χ1v) is 26.3. The molecule has 0 aromatic carbocycles. The highest BCUT2D eigenvalue weighted by atomic mass is 32.2. The Morgan fingerprint density at radius 2 is 1.07 bits per heavy atom. The van der Waals surface area contributed by atoms with Crippen molar-refractivity contribution < 1.29 is 106 Å². The number of aliphatic hydroxyl groups excluding tert-OH is 3. The summed E-state index contributed by atoms with van der Waals surface area (Å²) in [5, 5.41) is 58.1. The van der Waals surface area contributed by atoms with E-state index in [0.29, 0.717) is 44.9 Å². The standard InChI is InChI=1S/C48H76O22S/c1-5-29(40(52)53)16-33(41(54)55)14-27(3)15-34(42(56)57)17-30(6-2)43(58)67-25-48(23-49,24-50)26-68-44(59)31-8-7-9-32(18-31)46(61)69-28(4)22-66-45(60)35-19-36(21-39(20-35)71(63,64)65)47(62)70-38-12-10-37(51)11-13-38/h27-39,49-51H,5-26H2,1-4H3,(H,52,53)(H,54,55)(H,56,57)(H,63,64,65). The Labute approximate surface area is 414 Å². The molecule has 0 heterocycles. The number of hydrogen-bond acceptors (Lipinski definition) is 18. The third-order valence-electron chi connectivity index (χ3n) is 14.4. The lowest BCUT2D eigenvalue weighted by atomic mass is 9.81. The quantitative estimate of drug-likeness (QED) is 0.0320. The Kier molecular flexibility index (Phi) is 24.6. The zero-order valence-corrected chi connectivity index (χ0v) is 42.0. The van der Waals surface area contributed by atoms with Gasteiger partial charge in [-0.3, -0.25) is 42.9 Å². The van der Waals surface area contributed by atoms with Crippen LogP contribution in [0.25, 0.3) is 0 Å². The van der Waals surface area contributed by atoms with Gasteiger partial charge in [-0.1, -0.05) is 27.2 Å². The van der Waals surface area contributed by atoms with Crippen LogP contribution in [-0.4, -0.2) is 148 Å². The summed E-state index contributed by atoms with van der Waals surface area (Å²) in [7, 11) is -4.64. The summed E-state index contributed by atoms with van der Waals surface area (Å²) in [6, 6.07) is 0. The number of esters is 5. The van der Waals surface area contributed by atoms with Crippen LogP contribution in [0.4, 0.5) is 0 Å². The normalized spacial score (nSPS) is 25.4. The molecule has 3 saturated carbocycles. The number of carbonyl (C=O) groups excluding carboxylic acids is 5. The van der Waals surface area contributed by atoms with E-state index >= 15 is 0 Å². The van der Waals surface area contributed by atoms with Crippen LogP contribution in [-0.2, 0) is 72.2 Å². The summed E-state index contributed by atoms with van der Waals surface area (Å²) < 4.78 is 61.6. The van der Waals surface area contributed by atoms with Crippen LogP contribution in [0.2, 0.25) is 0 Å². The zero-order valence-electron chi connectivity index (χ0n) is 41.2. The highest BCUT2D eigenvalue weighted by molar-refractivity contribution is 7.86. The van der Waals surface area contributed by atoms with E-state index in [1.54, 1.807) is 20.8 Å². The van der Waals surface area contributed by atoms with Crippen molar-refractivity contribution in [3.05, 3.63) is 0 Å². The van der Waals surface area contributed by atoms with E-state index in [4.69, 9.17) is 23.7 Å². The highest BCUT2D eigenvalue weighted by Crippen LogP contribution is 2.37. The van der Waals surface area contributed by atoms with Crippen LogP contribution in [0.15, 0.2) is 0 Å². The molecular formula is C48H76O22S. The fourth-order valence-corrected chi connectivity index (χ4v) is 10.7. The second kappa shape index (κ2) is 28.7. The maximum absolute atomic E-state index is 13.3. The Balaban J connectivity index is 1.51. The first kappa shape index (κ1) is 60.9. The van der Waals surface area contributed by atoms with Gasteiger partial charge in [0.05, 0.1) is 77.3 Å². The third-order valence-corrected chi connectivity index (χ3v) is 15.6. The second-order valence-corrected chi connectivity index (χ2v) is 21.9. The van der Waals surface area contributed by atoms with Gasteiger partial charge in [0.25, 0.3) is 10.1 Å². The summed E-state index contributed by atoms with van der Waals surface area (Å²) in [6.45, 7) is 3.20. The fourth-order valence-electron chi connectivity index (χ4n) is 9.76. The molecule has 406 valence electrons. The largest absolute Gasteiger partial charge is 0.481 e. The molecule has 23 heteroatoms. The molecule has 0 amide bonds. The van der Waals surface area contributed by atoms with E-state index in [2.05, 4.69) is 0 Å². The average molecular weight is 1040 g/mol. The van der Waals surface area contributed by atoms with Crippen molar-refractivity contribution in [3.63, 3.8) is 0 Å². The fraction of sp³-hybridized carbons (Fsp3) is 0.833. The van der Waals surface area contributed by atoms with Crippen molar-refractivity contribution in [1.82, 2.24) is 0 Å². The molecule has 0 bridgehead atoms. The third kappa shape index (κ3) is 19.5. The van der Waals surface area contributed by atoms with Gasteiger partial charge in [-0.2, -0.15) is 8.42 Å². The van der Waals surface area contributed by atoms with E-state index in [9.17, 15) is 82.0 Å². The second-order valence-electron chi connectivity index (χ2n) is 20.2. The van der Waals surface area contributed by atoms with Crippen LogP contribution >= 0.6 is 0 Å². The molecule has 7 N–H and O–H groups in total. The molecule has 0 saturated heterocycles. The first-order valence-electron chi connectivity index (χ1n) is 24.8. The Hall–Kier alpha value is -4.45. The van der Waals surface area contributed by atoms with Crippen molar-refractivity contribution >= 4 is 57.9 Å². The van der Waals surface area contributed by atoms with E-state index in [-0.39, 0.29) is 64.2 Å². The van der Waals surface area contributed by atoms with Gasteiger partial charge in [0.15, 0.2) is 0 Å². The van der Waals surface area contributed by atoms with Gasteiger partial charge in [0, 0.05) is 0 Å². The number of rotatable bonds is 29. The molecule has 3 aliphatic carbocycles. The maximum Gasteiger partial charge on any atom is 0.309 e. The van der Waals surface area contributed by atoms with Gasteiger partial charge in [0.2, 0.25) is 0 Å². The van der Waals surface area contributed by atoms with Crippen molar-refractivity contribution in [2.75, 3.05) is 33.0 Å². The molecule has 11 unspecified atom stereocenters. The summed E-state index contributed by atoms with van der Waals surface area (Å²) in [5.74, 6) is -15.4. The number of carboxylic acids is 3. The smallest absolute Gasteiger partial charge is 0.309 e. The number of carbonyl (C=O) groups is 8. The molecule has 3 rings (SSSR count). The van der Waals surface area contributed by atoms with Gasteiger partial charge in [-0.15, -0.1) is 0 Å². The maximum atomic E-state index is 13.3. The molecule has 0 aromatic rings. The van der Waals surface area contributed by atoms with Gasteiger partial charge in [-0.25, -0.2) is 0 Å². The lowest BCUT2D eigenvalue weighted by Crippen LogP contribution is -2.42. The Morgan fingerprint density at radius 3 is 1.58 bits per heavy atom. The molecule has 22 nitrogen and oxygen atoms in total. The zero-order chi connectivity index (χ0) is 53.2. The number of aliphatic carboxylic acids is 3. The summed E-state index contributed by atoms with van der Waals surface area (Å²) in [6.07, 6.45) is 0.398. The van der Waals surface area contributed by atoms with Crippen molar-refractivity contribution in [2.24, 2.45) is 58.7 Å². The lowest BCUT2D eigenvalue weighted by Gasteiger charge is -2.33. The topological polar surface area (TPSA) is 358 Å². The van der Waals surface area contributed by atoms with E-state index in [1.807, 2.05) is 0 Å². The first-order chi connectivity index (χ1) is 33.3. The van der Waals surface area contributed by atoms with Crippen LogP contribution in [0.1, 0.15) is 137 Å². The van der Waals surface area contributed by atoms with Crippen molar-refractivity contribution in [2.45, 2.75) is 160 Å². The molecule has 3 aliphatic rings. The van der Waals surface area contributed by atoms with Gasteiger partial charge in [0.1, 0.15) is 32.0 Å². The molecule has 0 spiro atoms.